The monoisotopic (exact) mass is 576 g/mol. The fourth-order valence-electron chi connectivity index (χ4n) is 6.52. The molecule has 5 heteroatoms. The van der Waals surface area contributed by atoms with Crippen LogP contribution in [-0.4, -0.2) is 16.7 Å². The largest absolute Gasteiger partial charge is 0.458 e. The normalized spacial score (nSPS) is 12.3. The Bertz CT molecular complexity index is 2050. The van der Waals surface area contributed by atoms with Crippen LogP contribution in [0.4, 0.5) is 0 Å². The zero-order valence-corrected chi connectivity index (χ0v) is 24.2. The summed E-state index contributed by atoms with van der Waals surface area (Å²) in [5.74, 6) is 3.43. The zero-order chi connectivity index (χ0) is 29.7. The predicted molar refractivity (Wildman–Crippen MR) is 181 cm³/mol. The maximum absolute atomic E-state index is 6.54. The van der Waals surface area contributed by atoms with Crippen LogP contribution >= 0.6 is 0 Å². The highest BCUT2D eigenvalue weighted by Crippen LogP contribution is 2.37. The molecule has 2 aliphatic heterocycles. The third kappa shape index (κ3) is 4.40. The second-order valence-corrected chi connectivity index (χ2v) is 11.4. The van der Waals surface area contributed by atoms with Crippen molar-refractivity contribution in [2.24, 2.45) is 0 Å². The van der Waals surface area contributed by atoms with E-state index in [4.69, 9.17) is 9.47 Å². The van der Waals surface area contributed by atoms with Crippen molar-refractivity contribution < 1.29 is 9.47 Å². The summed E-state index contributed by atoms with van der Waals surface area (Å²) in [6.07, 6.45) is 3.65. The molecule has 7 aromatic rings. The van der Waals surface area contributed by atoms with Gasteiger partial charge in [-0.3, -0.25) is 9.97 Å². The van der Waals surface area contributed by atoms with Gasteiger partial charge in [0.2, 0.25) is 0 Å². The molecular formula is C40H25BN2O2. The van der Waals surface area contributed by atoms with E-state index in [1.165, 1.54) is 0 Å². The van der Waals surface area contributed by atoms with E-state index >= 15 is 0 Å². The molecule has 0 aliphatic carbocycles. The van der Waals surface area contributed by atoms with Gasteiger partial charge in [0.25, 0.3) is 6.71 Å². The lowest BCUT2D eigenvalue weighted by Gasteiger charge is -2.33. The molecule has 0 amide bonds. The molecule has 0 unspecified atom stereocenters. The lowest BCUT2D eigenvalue weighted by atomic mass is 9.35. The molecule has 0 saturated carbocycles. The molecule has 9 rings (SSSR count). The molecule has 2 aliphatic rings. The first kappa shape index (κ1) is 25.6. The van der Waals surface area contributed by atoms with Gasteiger partial charge in [-0.15, -0.1) is 0 Å². The van der Waals surface area contributed by atoms with Gasteiger partial charge in [-0.05, 0) is 81.7 Å². The summed E-state index contributed by atoms with van der Waals surface area (Å²) < 4.78 is 13.1. The lowest BCUT2D eigenvalue weighted by molar-refractivity contribution is 0.464. The number of ether oxygens (including phenoxy) is 2. The summed E-state index contributed by atoms with van der Waals surface area (Å²) in [5, 5.41) is 0. The highest BCUT2D eigenvalue weighted by Gasteiger charge is 2.40. The average Bonchev–Trinajstić information content (AvgIpc) is 3.12. The standard InChI is InChI=1S/C40H25BN2O2/c1-3-22-42-34(6-1)28-14-10-26(11-15-28)30-18-20-32-38(24-30)44-36-8-5-9-37-40(36)41(32)33-21-19-31(25-39(33)45-37)27-12-16-29(17-13-27)35-7-2-4-23-43-35/h1-25H. The van der Waals surface area contributed by atoms with E-state index in [0.29, 0.717) is 0 Å². The fraction of sp³-hybridized carbons (Fsp3) is 0. The second-order valence-electron chi connectivity index (χ2n) is 11.4. The van der Waals surface area contributed by atoms with Gasteiger partial charge in [0, 0.05) is 29.0 Å². The van der Waals surface area contributed by atoms with Gasteiger partial charge in [-0.2, -0.15) is 0 Å². The number of pyridine rings is 2. The Kier molecular flexibility index (Phi) is 5.88. The van der Waals surface area contributed by atoms with Crippen LogP contribution in [0.2, 0.25) is 0 Å². The van der Waals surface area contributed by atoms with Gasteiger partial charge in [0.1, 0.15) is 23.0 Å². The number of benzene rings is 5. The molecule has 0 spiro atoms. The van der Waals surface area contributed by atoms with Crippen molar-refractivity contribution in [3.63, 3.8) is 0 Å². The van der Waals surface area contributed by atoms with Crippen LogP contribution in [0.25, 0.3) is 44.8 Å². The molecular weight excluding hydrogens is 551 g/mol. The van der Waals surface area contributed by atoms with E-state index in [2.05, 4.69) is 94.9 Å². The fourth-order valence-corrected chi connectivity index (χ4v) is 6.52. The molecule has 0 N–H and O–H groups in total. The first-order valence-electron chi connectivity index (χ1n) is 15.1. The van der Waals surface area contributed by atoms with Crippen LogP contribution in [0, 0.1) is 0 Å². The van der Waals surface area contributed by atoms with Gasteiger partial charge in [0.05, 0.1) is 11.4 Å². The van der Waals surface area contributed by atoms with Crippen LogP contribution in [0.15, 0.2) is 152 Å². The molecule has 0 radical (unpaired) electrons. The Morgan fingerprint density at radius 2 is 0.822 bits per heavy atom. The topological polar surface area (TPSA) is 44.2 Å². The minimum absolute atomic E-state index is 0.0184. The van der Waals surface area contributed by atoms with Crippen molar-refractivity contribution in [1.82, 2.24) is 9.97 Å². The molecule has 5 aromatic carbocycles. The summed E-state index contributed by atoms with van der Waals surface area (Å²) in [7, 11) is 0. The lowest BCUT2D eigenvalue weighted by Crippen LogP contribution is -2.57. The minimum Gasteiger partial charge on any atom is -0.458 e. The number of rotatable bonds is 4. The van der Waals surface area contributed by atoms with Crippen molar-refractivity contribution in [2.45, 2.75) is 0 Å². The maximum atomic E-state index is 6.54. The molecule has 4 heterocycles. The second kappa shape index (κ2) is 10.4. The molecule has 0 atom stereocenters. The van der Waals surface area contributed by atoms with E-state index in [0.717, 1.165) is 84.2 Å². The first-order valence-corrected chi connectivity index (χ1v) is 15.1. The summed E-state index contributed by atoms with van der Waals surface area (Å²) in [5.41, 5.74) is 12.0. The van der Waals surface area contributed by atoms with Gasteiger partial charge < -0.3 is 9.47 Å². The van der Waals surface area contributed by atoms with E-state index in [1.807, 2.05) is 67.0 Å². The third-order valence-corrected chi connectivity index (χ3v) is 8.76. The number of hydrogen-bond donors (Lipinski definition) is 0. The molecule has 0 bridgehead atoms. The van der Waals surface area contributed by atoms with Crippen LogP contribution in [0.1, 0.15) is 0 Å². The Morgan fingerprint density at radius 1 is 0.378 bits per heavy atom. The summed E-state index contributed by atoms with van der Waals surface area (Å²) >= 11 is 0. The van der Waals surface area contributed by atoms with E-state index in [-0.39, 0.29) is 6.71 Å². The van der Waals surface area contributed by atoms with Crippen LogP contribution in [0.5, 0.6) is 23.0 Å². The van der Waals surface area contributed by atoms with Gasteiger partial charge in [0.15, 0.2) is 0 Å². The van der Waals surface area contributed by atoms with Crippen molar-refractivity contribution in [2.75, 3.05) is 0 Å². The van der Waals surface area contributed by atoms with Crippen molar-refractivity contribution in [3.05, 3.63) is 152 Å². The highest BCUT2D eigenvalue weighted by molar-refractivity contribution is 6.98. The number of hydrogen-bond acceptors (Lipinski definition) is 4. The average molecular weight is 576 g/mol. The number of nitrogens with zero attached hydrogens (tertiary/aromatic N) is 2. The summed E-state index contributed by atoms with van der Waals surface area (Å²) in [6.45, 7) is 0.0184. The third-order valence-electron chi connectivity index (χ3n) is 8.76. The summed E-state index contributed by atoms with van der Waals surface area (Å²) in [6, 6.07) is 48.2. The molecule has 4 nitrogen and oxygen atoms in total. The van der Waals surface area contributed by atoms with Crippen LogP contribution < -0.4 is 25.9 Å². The molecule has 0 fully saturated rings. The predicted octanol–water partition coefficient (Wildman–Crippen LogP) is 7.87. The highest BCUT2D eigenvalue weighted by atomic mass is 16.5. The van der Waals surface area contributed by atoms with Crippen molar-refractivity contribution in [3.8, 4) is 67.8 Å². The SMILES string of the molecule is c1ccc(-c2ccc(-c3ccc4c(c3)Oc3cccc5c3B4c3ccc(-c4ccc(-c6ccccn6)cc4)cc3O5)cc2)nc1. The van der Waals surface area contributed by atoms with Crippen molar-refractivity contribution >= 4 is 23.1 Å². The number of fused-ring (bicyclic) bond motifs is 4. The first-order chi connectivity index (χ1) is 22.3. The van der Waals surface area contributed by atoms with Gasteiger partial charge in [-0.25, -0.2) is 0 Å². The Morgan fingerprint density at radius 3 is 1.27 bits per heavy atom. The zero-order valence-electron chi connectivity index (χ0n) is 24.2. The Balaban J connectivity index is 1.07. The molecule has 210 valence electrons. The van der Waals surface area contributed by atoms with E-state index < -0.39 is 0 Å². The van der Waals surface area contributed by atoms with Gasteiger partial charge in [-0.1, -0.05) is 91.0 Å². The summed E-state index contributed by atoms with van der Waals surface area (Å²) in [4.78, 5) is 8.97. The quantitative estimate of drug-likeness (QED) is 0.200. The maximum Gasteiger partial charge on any atom is 0.260 e. The van der Waals surface area contributed by atoms with E-state index in [1.54, 1.807) is 0 Å². The van der Waals surface area contributed by atoms with Crippen molar-refractivity contribution in [1.29, 1.82) is 0 Å². The van der Waals surface area contributed by atoms with Crippen LogP contribution in [-0.2, 0) is 0 Å². The van der Waals surface area contributed by atoms with Crippen LogP contribution in [0.3, 0.4) is 0 Å². The minimum atomic E-state index is 0.0184. The smallest absolute Gasteiger partial charge is 0.260 e. The number of aromatic nitrogens is 2. The molecule has 0 saturated heterocycles. The molecule has 2 aromatic heterocycles. The van der Waals surface area contributed by atoms with E-state index in [9.17, 15) is 0 Å². The molecule has 45 heavy (non-hydrogen) atoms. The Hall–Kier alpha value is -5.94. The Labute approximate surface area is 261 Å². The van der Waals surface area contributed by atoms with Gasteiger partial charge >= 0.3 is 0 Å².